The molecule has 5 nitrogen and oxygen atoms in total. The highest BCUT2D eigenvalue weighted by Crippen LogP contribution is 2.39. The Morgan fingerprint density at radius 3 is 2.53 bits per heavy atom. The Hall–Kier alpha value is -2.17. The average molecular weight is 233 g/mol. The number of aromatic hydroxyl groups is 1. The Morgan fingerprint density at radius 2 is 2.00 bits per heavy atom. The van der Waals surface area contributed by atoms with Gasteiger partial charge in [0.15, 0.2) is 11.5 Å². The molecule has 2 aromatic rings. The van der Waals surface area contributed by atoms with E-state index in [0.717, 1.165) is 22.3 Å². The summed E-state index contributed by atoms with van der Waals surface area (Å²) < 4.78 is 5.14. The molecular formula is C12H15N3O2. The van der Waals surface area contributed by atoms with Crippen LogP contribution in [0.2, 0.25) is 0 Å². The van der Waals surface area contributed by atoms with Crippen LogP contribution in [0.5, 0.6) is 11.5 Å². The van der Waals surface area contributed by atoms with Crippen molar-refractivity contribution in [2.45, 2.75) is 13.8 Å². The van der Waals surface area contributed by atoms with Crippen LogP contribution < -0.4 is 10.5 Å². The second kappa shape index (κ2) is 4.01. The van der Waals surface area contributed by atoms with E-state index in [1.807, 2.05) is 13.8 Å². The topological polar surface area (TPSA) is 84.2 Å². The number of rotatable bonds is 2. The summed E-state index contributed by atoms with van der Waals surface area (Å²) in [5, 5.41) is 16.5. The summed E-state index contributed by atoms with van der Waals surface area (Å²) in [4.78, 5) is 0. The van der Waals surface area contributed by atoms with Crippen LogP contribution >= 0.6 is 0 Å². The molecule has 0 amide bonds. The Labute approximate surface area is 99.2 Å². The molecule has 5 heteroatoms. The molecule has 1 aromatic carbocycles. The zero-order valence-corrected chi connectivity index (χ0v) is 10.0. The first-order valence-electron chi connectivity index (χ1n) is 5.22. The lowest BCUT2D eigenvalue weighted by Gasteiger charge is -2.13. The van der Waals surface area contributed by atoms with Crippen molar-refractivity contribution < 1.29 is 9.84 Å². The van der Waals surface area contributed by atoms with Gasteiger partial charge in [0.1, 0.15) is 5.82 Å². The van der Waals surface area contributed by atoms with E-state index in [1.54, 1.807) is 12.3 Å². The molecule has 1 heterocycles. The maximum atomic E-state index is 9.89. The number of anilines is 1. The molecule has 0 saturated carbocycles. The second-order valence-electron chi connectivity index (χ2n) is 3.92. The Kier molecular flexibility index (Phi) is 2.67. The monoisotopic (exact) mass is 233 g/mol. The van der Waals surface area contributed by atoms with Crippen molar-refractivity contribution in [1.82, 2.24) is 10.2 Å². The fraction of sp³-hybridized carbons (Fsp3) is 0.250. The molecule has 0 bridgehead atoms. The first-order valence-corrected chi connectivity index (χ1v) is 5.22. The Bertz CT molecular complexity index is 561. The van der Waals surface area contributed by atoms with Crippen LogP contribution in [0.3, 0.4) is 0 Å². The molecule has 0 unspecified atom stereocenters. The van der Waals surface area contributed by atoms with Gasteiger partial charge in [-0.05, 0) is 36.6 Å². The number of ether oxygens (including phenoxy) is 1. The summed E-state index contributed by atoms with van der Waals surface area (Å²) in [7, 11) is 1.52. The van der Waals surface area contributed by atoms with Gasteiger partial charge in [0.2, 0.25) is 0 Å². The van der Waals surface area contributed by atoms with Crippen LogP contribution in [0.4, 0.5) is 5.82 Å². The molecule has 0 radical (unpaired) electrons. The number of methoxy groups -OCH3 is 1. The van der Waals surface area contributed by atoms with Gasteiger partial charge in [-0.25, -0.2) is 0 Å². The molecule has 0 aliphatic heterocycles. The highest BCUT2D eigenvalue weighted by atomic mass is 16.5. The van der Waals surface area contributed by atoms with Crippen LogP contribution in [-0.2, 0) is 0 Å². The molecule has 2 rings (SSSR count). The van der Waals surface area contributed by atoms with E-state index in [0.29, 0.717) is 11.6 Å². The van der Waals surface area contributed by atoms with Gasteiger partial charge in [-0.1, -0.05) is 0 Å². The van der Waals surface area contributed by atoms with Crippen molar-refractivity contribution in [3.8, 4) is 22.6 Å². The van der Waals surface area contributed by atoms with Gasteiger partial charge >= 0.3 is 0 Å². The van der Waals surface area contributed by atoms with E-state index in [9.17, 15) is 5.11 Å². The van der Waals surface area contributed by atoms with Gasteiger partial charge in [0.05, 0.1) is 13.3 Å². The Balaban J connectivity index is 2.71. The highest BCUT2D eigenvalue weighted by molar-refractivity contribution is 5.79. The molecule has 1 aromatic heterocycles. The van der Waals surface area contributed by atoms with Gasteiger partial charge in [-0.2, -0.15) is 5.10 Å². The van der Waals surface area contributed by atoms with E-state index in [1.165, 1.54) is 7.11 Å². The van der Waals surface area contributed by atoms with Gasteiger partial charge < -0.3 is 15.6 Å². The van der Waals surface area contributed by atoms with E-state index in [-0.39, 0.29) is 5.75 Å². The zero-order chi connectivity index (χ0) is 12.6. The molecule has 0 aliphatic carbocycles. The predicted octanol–water partition coefficient (Wildman–Crippen LogP) is 1.99. The summed E-state index contributed by atoms with van der Waals surface area (Å²) in [5.41, 5.74) is 9.25. The minimum atomic E-state index is 0.163. The third-order valence-corrected chi connectivity index (χ3v) is 3.01. The van der Waals surface area contributed by atoms with Crippen LogP contribution in [0, 0.1) is 13.8 Å². The minimum absolute atomic E-state index is 0.163. The number of nitrogens with zero attached hydrogens (tertiary/aromatic N) is 1. The number of nitrogen functional groups attached to an aromatic ring is 1. The third-order valence-electron chi connectivity index (χ3n) is 3.01. The number of hydrogen-bond donors (Lipinski definition) is 3. The molecule has 90 valence electrons. The molecule has 0 fully saturated rings. The lowest BCUT2D eigenvalue weighted by Crippen LogP contribution is -1.94. The summed E-state index contributed by atoms with van der Waals surface area (Å²) in [5.74, 6) is 1.10. The lowest BCUT2D eigenvalue weighted by atomic mass is 9.97. The van der Waals surface area contributed by atoms with Crippen LogP contribution in [0.1, 0.15) is 11.1 Å². The molecule has 0 spiro atoms. The minimum Gasteiger partial charge on any atom is -0.504 e. The standard InChI is InChI=1S/C12H15N3O2/c1-6-7(2)11(16)10(17-3)4-8(6)9-5-14-15-12(9)13/h4-5,16H,1-3H3,(H3,13,14,15). The SMILES string of the molecule is COc1cc(-c2cn[nH]c2N)c(C)c(C)c1O. The number of benzene rings is 1. The average Bonchev–Trinajstić information content (AvgIpc) is 2.73. The predicted molar refractivity (Wildman–Crippen MR) is 66.1 cm³/mol. The molecule has 17 heavy (non-hydrogen) atoms. The number of nitrogens with one attached hydrogen (secondary N) is 1. The summed E-state index contributed by atoms with van der Waals surface area (Å²) in [6.45, 7) is 3.77. The van der Waals surface area contributed by atoms with Crippen molar-refractivity contribution in [3.63, 3.8) is 0 Å². The van der Waals surface area contributed by atoms with Crippen molar-refractivity contribution in [2.24, 2.45) is 0 Å². The summed E-state index contributed by atoms with van der Waals surface area (Å²) >= 11 is 0. The van der Waals surface area contributed by atoms with E-state index in [4.69, 9.17) is 10.5 Å². The molecular weight excluding hydrogens is 218 g/mol. The van der Waals surface area contributed by atoms with Crippen LogP contribution in [0.15, 0.2) is 12.3 Å². The van der Waals surface area contributed by atoms with E-state index < -0.39 is 0 Å². The number of phenolic OH excluding ortho intramolecular Hbond substituents is 1. The number of H-pyrrole nitrogens is 1. The third kappa shape index (κ3) is 1.69. The van der Waals surface area contributed by atoms with Crippen molar-refractivity contribution in [3.05, 3.63) is 23.4 Å². The van der Waals surface area contributed by atoms with Gasteiger partial charge in [0, 0.05) is 5.56 Å². The quantitative estimate of drug-likeness (QED) is 0.740. The molecule has 0 aliphatic rings. The van der Waals surface area contributed by atoms with Crippen LogP contribution in [-0.4, -0.2) is 22.4 Å². The Morgan fingerprint density at radius 1 is 1.29 bits per heavy atom. The second-order valence-corrected chi connectivity index (χ2v) is 3.92. The fourth-order valence-electron chi connectivity index (χ4n) is 1.82. The van der Waals surface area contributed by atoms with Gasteiger partial charge in [-0.3, -0.25) is 5.10 Å². The van der Waals surface area contributed by atoms with E-state index >= 15 is 0 Å². The number of hydrogen-bond acceptors (Lipinski definition) is 4. The zero-order valence-electron chi connectivity index (χ0n) is 10.0. The maximum Gasteiger partial charge on any atom is 0.161 e. The molecule has 0 atom stereocenters. The van der Waals surface area contributed by atoms with Crippen molar-refractivity contribution >= 4 is 5.82 Å². The number of aromatic amines is 1. The summed E-state index contributed by atoms with van der Waals surface area (Å²) in [6.07, 6.45) is 1.66. The molecule has 4 N–H and O–H groups in total. The van der Waals surface area contributed by atoms with Crippen molar-refractivity contribution in [2.75, 3.05) is 12.8 Å². The molecule has 0 saturated heterocycles. The largest absolute Gasteiger partial charge is 0.504 e. The van der Waals surface area contributed by atoms with Crippen molar-refractivity contribution in [1.29, 1.82) is 0 Å². The lowest BCUT2D eigenvalue weighted by molar-refractivity contribution is 0.371. The maximum absolute atomic E-state index is 9.89. The van der Waals surface area contributed by atoms with Gasteiger partial charge in [0.25, 0.3) is 0 Å². The first-order chi connectivity index (χ1) is 8.06. The number of nitrogens with two attached hydrogens (primary N) is 1. The summed E-state index contributed by atoms with van der Waals surface area (Å²) in [6, 6.07) is 1.76. The van der Waals surface area contributed by atoms with Gasteiger partial charge in [-0.15, -0.1) is 0 Å². The smallest absolute Gasteiger partial charge is 0.161 e. The fourth-order valence-corrected chi connectivity index (χ4v) is 1.82. The van der Waals surface area contributed by atoms with Crippen LogP contribution in [0.25, 0.3) is 11.1 Å². The normalized spacial score (nSPS) is 10.5. The van der Waals surface area contributed by atoms with E-state index in [2.05, 4.69) is 10.2 Å². The number of phenols is 1. The number of aromatic nitrogens is 2. The highest BCUT2D eigenvalue weighted by Gasteiger charge is 2.15. The first kappa shape index (κ1) is 11.3.